The smallest absolute Gasteiger partial charge is 0.375 e. The fraction of sp³-hybridized carbons (Fsp3) is 0.562. The molecule has 2 aliphatic rings. The van der Waals surface area contributed by atoms with Gasteiger partial charge in [-0.25, -0.2) is 0 Å². The molecule has 1 atom stereocenters. The molecule has 1 fully saturated rings. The molecule has 2 aliphatic carbocycles. The predicted molar refractivity (Wildman–Crippen MR) is 80.1 cm³/mol. The van der Waals surface area contributed by atoms with E-state index in [-0.39, 0.29) is 23.2 Å². The van der Waals surface area contributed by atoms with E-state index in [0.717, 1.165) is 38.2 Å². The summed E-state index contributed by atoms with van der Waals surface area (Å²) in [4.78, 5) is 12.7. The molecule has 3 rings (SSSR count). The maximum absolute atomic E-state index is 12.7. The molecule has 132 valence electrons. The predicted octanol–water partition coefficient (Wildman–Crippen LogP) is 3.85. The lowest BCUT2D eigenvalue weighted by Crippen LogP contribution is -2.29. The van der Waals surface area contributed by atoms with Gasteiger partial charge in [0.15, 0.2) is 11.5 Å². The van der Waals surface area contributed by atoms with Crippen LogP contribution >= 0.6 is 0 Å². The Morgan fingerprint density at radius 1 is 1.08 bits per heavy atom. The van der Waals surface area contributed by atoms with Crippen LogP contribution in [0.25, 0.3) is 0 Å². The molecule has 0 N–H and O–H groups in total. The second-order valence-electron chi connectivity index (χ2n) is 6.35. The average Bonchev–Trinajstić information content (AvgIpc) is 2.85. The molecule has 24 heavy (non-hydrogen) atoms. The highest BCUT2D eigenvalue weighted by Gasteiger charge is 2.49. The van der Waals surface area contributed by atoms with Crippen molar-refractivity contribution in [1.29, 1.82) is 0 Å². The van der Waals surface area contributed by atoms with Crippen LogP contribution < -0.4 is 4.18 Å². The van der Waals surface area contributed by atoms with E-state index < -0.39 is 21.4 Å². The van der Waals surface area contributed by atoms with Crippen molar-refractivity contribution in [3.8, 4) is 5.75 Å². The molecule has 8 heteroatoms. The number of ketones is 1. The van der Waals surface area contributed by atoms with Gasteiger partial charge in [0.05, 0.1) is 5.56 Å². The molecule has 1 unspecified atom stereocenters. The third kappa shape index (κ3) is 3.03. The third-order valence-electron chi connectivity index (χ3n) is 4.84. The molecular formula is C16H17F3O4S. The van der Waals surface area contributed by atoms with Crippen molar-refractivity contribution < 1.29 is 30.6 Å². The molecule has 1 saturated carbocycles. The molecule has 0 spiro atoms. The summed E-state index contributed by atoms with van der Waals surface area (Å²) in [7, 11) is -5.79. The first-order chi connectivity index (χ1) is 11.2. The van der Waals surface area contributed by atoms with E-state index in [1.165, 1.54) is 6.07 Å². The minimum Gasteiger partial charge on any atom is -0.375 e. The van der Waals surface area contributed by atoms with Gasteiger partial charge in [-0.05, 0) is 36.8 Å². The highest BCUT2D eigenvalue weighted by atomic mass is 32.2. The Hall–Kier alpha value is -1.57. The van der Waals surface area contributed by atoms with Gasteiger partial charge in [0.25, 0.3) is 0 Å². The van der Waals surface area contributed by atoms with E-state index in [0.29, 0.717) is 12.0 Å². The summed E-state index contributed by atoms with van der Waals surface area (Å²) in [5, 5.41) is 0. The lowest BCUT2D eigenvalue weighted by molar-refractivity contribution is -0.0500. The zero-order chi connectivity index (χ0) is 17.5. The van der Waals surface area contributed by atoms with Crippen molar-refractivity contribution >= 4 is 15.9 Å². The number of Topliss-reactive ketones (excluding diaryl/α,β-unsaturated/α-hetero) is 1. The first kappa shape index (κ1) is 17.3. The number of halogens is 3. The number of alkyl halides is 3. The van der Waals surface area contributed by atoms with Crippen molar-refractivity contribution in [2.75, 3.05) is 0 Å². The summed E-state index contributed by atoms with van der Waals surface area (Å²) >= 11 is 0. The van der Waals surface area contributed by atoms with Crippen LogP contribution in [0.15, 0.2) is 18.2 Å². The van der Waals surface area contributed by atoms with Gasteiger partial charge in [-0.3, -0.25) is 4.79 Å². The molecule has 0 radical (unpaired) electrons. The lowest BCUT2D eigenvalue weighted by Gasteiger charge is -2.26. The van der Waals surface area contributed by atoms with Gasteiger partial charge in [-0.1, -0.05) is 31.4 Å². The molecule has 4 nitrogen and oxygen atoms in total. The van der Waals surface area contributed by atoms with Crippen molar-refractivity contribution in [2.45, 2.75) is 44.0 Å². The first-order valence-corrected chi connectivity index (χ1v) is 9.28. The average molecular weight is 362 g/mol. The number of hydrogen-bond acceptors (Lipinski definition) is 4. The second-order valence-corrected chi connectivity index (χ2v) is 7.88. The van der Waals surface area contributed by atoms with E-state index in [1.54, 1.807) is 6.07 Å². The summed E-state index contributed by atoms with van der Waals surface area (Å²) in [5.74, 6) is -0.914. The number of benzene rings is 1. The molecule has 0 amide bonds. The summed E-state index contributed by atoms with van der Waals surface area (Å²) < 4.78 is 64.4. The Kier molecular flexibility index (Phi) is 4.36. The van der Waals surface area contributed by atoms with E-state index in [1.807, 2.05) is 0 Å². The summed E-state index contributed by atoms with van der Waals surface area (Å²) in [6, 6.07) is 4.16. The highest BCUT2D eigenvalue weighted by Crippen LogP contribution is 2.42. The molecule has 0 heterocycles. The highest BCUT2D eigenvalue weighted by molar-refractivity contribution is 7.88. The van der Waals surface area contributed by atoms with E-state index in [4.69, 9.17) is 0 Å². The minimum atomic E-state index is -5.79. The second kappa shape index (κ2) is 6.06. The molecular weight excluding hydrogens is 345 g/mol. The van der Waals surface area contributed by atoms with E-state index in [9.17, 15) is 26.4 Å². The monoisotopic (exact) mass is 362 g/mol. The number of carbonyl (C=O) groups excluding carboxylic acids is 1. The Morgan fingerprint density at radius 2 is 1.75 bits per heavy atom. The van der Waals surface area contributed by atoms with Gasteiger partial charge in [0.1, 0.15) is 0 Å². The number of rotatable bonds is 3. The Balaban J connectivity index is 1.90. The maximum atomic E-state index is 12.7. The number of hydrogen-bond donors (Lipinski definition) is 0. The van der Waals surface area contributed by atoms with Crippen LogP contribution in [0.2, 0.25) is 0 Å². The number of fused-ring (bicyclic) bond motifs is 1. The zero-order valence-corrected chi connectivity index (χ0v) is 13.6. The van der Waals surface area contributed by atoms with Crippen molar-refractivity contribution in [3.63, 3.8) is 0 Å². The van der Waals surface area contributed by atoms with Gasteiger partial charge >= 0.3 is 15.6 Å². The van der Waals surface area contributed by atoms with Crippen molar-refractivity contribution in [3.05, 3.63) is 29.3 Å². The normalized spacial score (nSPS) is 22.5. The van der Waals surface area contributed by atoms with E-state index in [2.05, 4.69) is 4.18 Å². The molecule has 1 aromatic rings. The van der Waals surface area contributed by atoms with Crippen LogP contribution in [0.4, 0.5) is 13.2 Å². The van der Waals surface area contributed by atoms with E-state index >= 15 is 0 Å². The Morgan fingerprint density at radius 3 is 2.38 bits per heavy atom. The van der Waals surface area contributed by atoms with Gasteiger partial charge in [-0.2, -0.15) is 21.6 Å². The quantitative estimate of drug-likeness (QED) is 0.605. The SMILES string of the molecule is O=C1c2c(cccc2OS(=O)(=O)C(F)(F)F)CC1C1CCCCC1. The Labute approximate surface area is 138 Å². The van der Waals surface area contributed by atoms with Gasteiger partial charge in [-0.15, -0.1) is 0 Å². The van der Waals surface area contributed by atoms with Crippen LogP contribution in [0.5, 0.6) is 5.75 Å². The van der Waals surface area contributed by atoms with Crippen molar-refractivity contribution in [1.82, 2.24) is 0 Å². The van der Waals surface area contributed by atoms with Crippen LogP contribution in [-0.2, 0) is 16.5 Å². The Bertz CT molecular complexity index is 749. The van der Waals surface area contributed by atoms with Crippen LogP contribution in [-0.4, -0.2) is 19.7 Å². The van der Waals surface area contributed by atoms with Gasteiger partial charge < -0.3 is 4.18 Å². The topological polar surface area (TPSA) is 60.4 Å². The summed E-state index contributed by atoms with van der Waals surface area (Å²) in [6.07, 6.45) is 5.47. The van der Waals surface area contributed by atoms with Crippen LogP contribution in [0.3, 0.4) is 0 Å². The molecule has 0 saturated heterocycles. The minimum absolute atomic E-state index is 0.0131. The first-order valence-electron chi connectivity index (χ1n) is 7.87. The molecule has 1 aromatic carbocycles. The van der Waals surface area contributed by atoms with Crippen LogP contribution in [0.1, 0.15) is 48.0 Å². The van der Waals surface area contributed by atoms with Gasteiger partial charge in [0, 0.05) is 5.92 Å². The molecule has 0 aliphatic heterocycles. The molecule has 0 aromatic heterocycles. The fourth-order valence-electron chi connectivity index (χ4n) is 3.69. The molecule has 0 bridgehead atoms. The summed E-state index contributed by atoms with van der Waals surface area (Å²) in [6.45, 7) is 0. The van der Waals surface area contributed by atoms with Crippen LogP contribution in [0, 0.1) is 11.8 Å². The van der Waals surface area contributed by atoms with Gasteiger partial charge in [0.2, 0.25) is 0 Å². The van der Waals surface area contributed by atoms with Crippen molar-refractivity contribution in [2.24, 2.45) is 11.8 Å². The standard InChI is InChI=1S/C16H17F3O4S/c17-16(18,19)24(21,22)23-13-8-4-7-11-9-12(15(20)14(11)13)10-5-2-1-3-6-10/h4,7-8,10,12H,1-3,5-6,9H2. The fourth-order valence-corrected chi connectivity index (χ4v) is 4.16. The maximum Gasteiger partial charge on any atom is 0.534 e. The lowest BCUT2D eigenvalue weighted by atomic mass is 9.78. The summed E-state index contributed by atoms with van der Waals surface area (Å²) in [5.41, 5.74) is -4.98. The largest absolute Gasteiger partial charge is 0.534 e. The number of carbonyl (C=O) groups is 1. The third-order valence-corrected chi connectivity index (χ3v) is 5.80. The zero-order valence-electron chi connectivity index (χ0n) is 12.8.